The minimum Gasteiger partial charge on any atom is -0.384 e. The summed E-state index contributed by atoms with van der Waals surface area (Å²) in [5.41, 5.74) is 0. The Morgan fingerprint density at radius 3 is 2.53 bits per heavy atom. The van der Waals surface area contributed by atoms with Gasteiger partial charge in [0.25, 0.3) is 0 Å². The molecule has 2 unspecified atom stereocenters. The van der Waals surface area contributed by atoms with E-state index in [9.17, 15) is 9.59 Å². The molecule has 19 heavy (non-hydrogen) atoms. The average molecular weight is 270 g/mol. The molecule has 0 radical (unpaired) electrons. The fraction of sp³-hybridized carbons (Fsp3) is 0.857. The number of nitrogens with zero attached hydrogens (tertiary/aromatic N) is 1. The van der Waals surface area contributed by atoms with Gasteiger partial charge < -0.3 is 10.1 Å². The zero-order valence-corrected chi connectivity index (χ0v) is 12.4. The molecule has 0 aromatic carbocycles. The number of rotatable bonds is 8. The molecule has 1 saturated heterocycles. The maximum absolute atomic E-state index is 12.3. The monoisotopic (exact) mass is 270 g/mol. The predicted octanol–water partition coefficient (Wildman–Crippen LogP) is 1.17. The van der Waals surface area contributed by atoms with E-state index in [0.29, 0.717) is 19.1 Å². The van der Waals surface area contributed by atoms with E-state index in [1.54, 1.807) is 7.11 Å². The minimum absolute atomic E-state index is 0.0446. The highest BCUT2D eigenvalue weighted by Crippen LogP contribution is 2.20. The summed E-state index contributed by atoms with van der Waals surface area (Å²) in [6, 6.07) is -0.310. The lowest BCUT2D eigenvalue weighted by Crippen LogP contribution is -2.44. The Morgan fingerprint density at radius 2 is 2.00 bits per heavy atom. The number of ether oxygens (including phenoxy) is 1. The maximum atomic E-state index is 12.3. The van der Waals surface area contributed by atoms with Crippen LogP contribution >= 0.6 is 0 Å². The Morgan fingerprint density at radius 1 is 1.37 bits per heavy atom. The van der Waals surface area contributed by atoms with Gasteiger partial charge in [0.2, 0.25) is 11.8 Å². The van der Waals surface area contributed by atoms with Crippen LogP contribution in [0, 0.1) is 5.92 Å². The van der Waals surface area contributed by atoms with Gasteiger partial charge in [-0.25, -0.2) is 0 Å². The van der Waals surface area contributed by atoms with Crippen molar-refractivity contribution in [2.75, 3.05) is 20.3 Å². The maximum Gasteiger partial charge on any atom is 0.247 e. The Bertz CT molecular complexity index is 316. The molecule has 1 rings (SSSR count). The minimum atomic E-state index is -0.354. The SMILES string of the molecule is CCC(CC)N1C(=O)CC(NCC(C)COC)C1=O. The molecular formula is C14H26N2O3. The van der Waals surface area contributed by atoms with Crippen LogP contribution in [-0.2, 0) is 14.3 Å². The third-order valence-corrected chi connectivity index (χ3v) is 3.65. The number of likely N-dealkylation sites (tertiary alicyclic amines) is 1. The number of amides is 2. The summed E-state index contributed by atoms with van der Waals surface area (Å²) in [5.74, 6) is 0.217. The van der Waals surface area contributed by atoms with E-state index in [0.717, 1.165) is 12.8 Å². The van der Waals surface area contributed by atoms with Gasteiger partial charge in [0.15, 0.2) is 0 Å². The number of carbonyl (C=O) groups excluding carboxylic acids is 2. The summed E-state index contributed by atoms with van der Waals surface area (Å²) in [5, 5.41) is 3.19. The molecule has 2 atom stereocenters. The van der Waals surface area contributed by atoms with E-state index in [-0.39, 0.29) is 30.3 Å². The molecule has 1 heterocycles. The number of hydrogen-bond donors (Lipinski definition) is 1. The zero-order valence-electron chi connectivity index (χ0n) is 12.4. The van der Waals surface area contributed by atoms with Crippen LogP contribution in [0.3, 0.4) is 0 Å². The van der Waals surface area contributed by atoms with E-state index < -0.39 is 0 Å². The van der Waals surface area contributed by atoms with Crippen molar-refractivity contribution < 1.29 is 14.3 Å². The Kier molecular flexibility index (Phi) is 6.45. The second-order valence-corrected chi connectivity index (χ2v) is 5.30. The molecule has 5 heteroatoms. The van der Waals surface area contributed by atoms with Crippen LogP contribution in [0.2, 0.25) is 0 Å². The first-order valence-electron chi connectivity index (χ1n) is 7.13. The first-order chi connectivity index (χ1) is 9.04. The summed E-state index contributed by atoms with van der Waals surface area (Å²) in [6.45, 7) is 7.41. The zero-order chi connectivity index (χ0) is 14.4. The van der Waals surface area contributed by atoms with E-state index in [1.807, 2.05) is 13.8 Å². The number of hydrogen-bond acceptors (Lipinski definition) is 4. The van der Waals surface area contributed by atoms with Crippen molar-refractivity contribution in [1.82, 2.24) is 10.2 Å². The van der Waals surface area contributed by atoms with Crippen molar-refractivity contribution in [3.05, 3.63) is 0 Å². The number of nitrogens with one attached hydrogen (secondary N) is 1. The fourth-order valence-corrected chi connectivity index (χ4v) is 2.53. The third-order valence-electron chi connectivity index (χ3n) is 3.65. The van der Waals surface area contributed by atoms with E-state index in [2.05, 4.69) is 12.2 Å². The van der Waals surface area contributed by atoms with Gasteiger partial charge in [0, 0.05) is 26.3 Å². The second-order valence-electron chi connectivity index (χ2n) is 5.30. The first kappa shape index (κ1) is 16.1. The molecule has 1 aliphatic rings. The molecule has 0 aliphatic carbocycles. The smallest absolute Gasteiger partial charge is 0.247 e. The Hall–Kier alpha value is -0.940. The molecule has 1 aliphatic heterocycles. The van der Waals surface area contributed by atoms with E-state index >= 15 is 0 Å². The van der Waals surface area contributed by atoms with Gasteiger partial charge in [0.05, 0.1) is 12.5 Å². The van der Waals surface area contributed by atoms with Crippen LogP contribution in [-0.4, -0.2) is 49.1 Å². The summed E-state index contributed by atoms with van der Waals surface area (Å²) < 4.78 is 5.06. The van der Waals surface area contributed by atoms with Gasteiger partial charge in [-0.15, -0.1) is 0 Å². The predicted molar refractivity (Wildman–Crippen MR) is 73.7 cm³/mol. The third kappa shape index (κ3) is 4.01. The summed E-state index contributed by atoms with van der Waals surface area (Å²) >= 11 is 0. The van der Waals surface area contributed by atoms with Gasteiger partial charge in [-0.2, -0.15) is 0 Å². The largest absolute Gasteiger partial charge is 0.384 e. The van der Waals surface area contributed by atoms with E-state index in [4.69, 9.17) is 4.74 Å². The van der Waals surface area contributed by atoms with Crippen LogP contribution in [0.25, 0.3) is 0 Å². The van der Waals surface area contributed by atoms with Crippen molar-refractivity contribution in [2.45, 2.75) is 52.1 Å². The van der Waals surface area contributed by atoms with Crippen molar-refractivity contribution in [2.24, 2.45) is 5.92 Å². The van der Waals surface area contributed by atoms with Gasteiger partial charge in [0.1, 0.15) is 0 Å². The number of carbonyl (C=O) groups is 2. The highest BCUT2D eigenvalue weighted by atomic mass is 16.5. The van der Waals surface area contributed by atoms with Crippen molar-refractivity contribution in [3.8, 4) is 0 Å². The standard InChI is InChI=1S/C14H26N2O3/c1-5-11(6-2)16-13(17)7-12(14(16)18)15-8-10(3)9-19-4/h10-12,15H,5-9H2,1-4H3. The van der Waals surface area contributed by atoms with Gasteiger partial charge in [-0.1, -0.05) is 20.8 Å². The molecular weight excluding hydrogens is 244 g/mol. The molecule has 1 fully saturated rings. The average Bonchev–Trinajstić information content (AvgIpc) is 2.66. The first-order valence-corrected chi connectivity index (χ1v) is 7.13. The second kappa shape index (κ2) is 7.60. The number of methoxy groups -OCH3 is 1. The van der Waals surface area contributed by atoms with Gasteiger partial charge in [-0.05, 0) is 18.8 Å². The molecule has 0 aromatic heterocycles. The summed E-state index contributed by atoms with van der Waals surface area (Å²) in [6.07, 6.45) is 1.93. The molecule has 5 nitrogen and oxygen atoms in total. The molecule has 0 bridgehead atoms. The molecule has 2 amide bonds. The molecule has 0 aromatic rings. The quantitative estimate of drug-likeness (QED) is 0.673. The molecule has 110 valence electrons. The lowest BCUT2D eigenvalue weighted by Gasteiger charge is -2.24. The van der Waals surface area contributed by atoms with Crippen LogP contribution < -0.4 is 5.32 Å². The molecule has 0 saturated carbocycles. The number of imide groups is 1. The van der Waals surface area contributed by atoms with Crippen LogP contribution in [0.4, 0.5) is 0 Å². The lowest BCUT2D eigenvalue weighted by atomic mass is 10.1. The van der Waals surface area contributed by atoms with Crippen molar-refractivity contribution >= 4 is 11.8 Å². The van der Waals surface area contributed by atoms with Gasteiger partial charge in [-0.3, -0.25) is 14.5 Å². The van der Waals surface area contributed by atoms with E-state index in [1.165, 1.54) is 4.90 Å². The summed E-state index contributed by atoms with van der Waals surface area (Å²) in [4.78, 5) is 25.7. The van der Waals surface area contributed by atoms with Crippen molar-refractivity contribution in [3.63, 3.8) is 0 Å². The normalized spacial score (nSPS) is 21.5. The Balaban J connectivity index is 2.55. The molecule has 0 spiro atoms. The topological polar surface area (TPSA) is 58.6 Å². The highest BCUT2D eigenvalue weighted by Gasteiger charge is 2.41. The highest BCUT2D eigenvalue weighted by molar-refractivity contribution is 6.05. The van der Waals surface area contributed by atoms with Crippen LogP contribution in [0.15, 0.2) is 0 Å². The van der Waals surface area contributed by atoms with Crippen LogP contribution in [0.5, 0.6) is 0 Å². The Labute approximate surface area is 115 Å². The lowest BCUT2D eigenvalue weighted by molar-refractivity contribution is -0.141. The molecule has 1 N–H and O–H groups in total. The fourth-order valence-electron chi connectivity index (χ4n) is 2.53. The summed E-state index contributed by atoms with van der Waals surface area (Å²) in [7, 11) is 1.66. The van der Waals surface area contributed by atoms with Gasteiger partial charge >= 0.3 is 0 Å². The van der Waals surface area contributed by atoms with Crippen molar-refractivity contribution in [1.29, 1.82) is 0 Å². The van der Waals surface area contributed by atoms with Crippen LogP contribution in [0.1, 0.15) is 40.0 Å².